The molecule has 1 aliphatic rings. The van der Waals surface area contributed by atoms with E-state index >= 15 is 0 Å². The molecule has 20 heavy (non-hydrogen) atoms. The summed E-state index contributed by atoms with van der Waals surface area (Å²) >= 11 is 3.45. The predicted octanol–water partition coefficient (Wildman–Crippen LogP) is 2.80. The Hall–Kier alpha value is -1.27. The molecule has 0 unspecified atom stereocenters. The zero-order valence-corrected chi connectivity index (χ0v) is 13.1. The first-order valence-corrected chi connectivity index (χ1v) is 7.78. The number of hydrogen-bond acceptors (Lipinski definition) is 4. The average molecular weight is 336 g/mol. The van der Waals surface area contributed by atoms with E-state index in [-0.39, 0.29) is 5.54 Å². The molecule has 1 aromatic carbocycles. The molecule has 0 atom stereocenters. The normalized spacial score (nSPS) is 18.1. The van der Waals surface area contributed by atoms with Crippen LogP contribution >= 0.6 is 15.9 Å². The number of nitrogens with zero attached hydrogens (tertiary/aromatic N) is 4. The van der Waals surface area contributed by atoms with Gasteiger partial charge < -0.3 is 5.32 Å². The summed E-state index contributed by atoms with van der Waals surface area (Å²) in [5.74, 6) is 0.919. The van der Waals surface area contributed by atoms with E-state index in [1.807, 2.05) is 36.0 Å². The van der Waals surface area contributed by atoms with Crippen molar-refractivity contribution < 1.29 is 0 Å². The first-order chi connectivity index (χ1) is 9.75. The smallest absolute Gasteiger partial charge is 0.176 e. The van der Waals surface area contributed by atoms with Crippen LogP contribution in [0.2, 0.25) is 0 Å². The van der Waals surface area contributed by atoms with Gasteiger partial charge in [0, 0.05) is 4.47 Å². The summed E-state index contributed by atoms with van der Waals surface area (Å²) in [4.78, 5) is 0. The number of aromatic nitrogens is 4. The quantitative estimate of drug-likeness (QED) is 0.936. The van der Waals surface area contributed by atoms with Crippen molar-refractivity contribution in [2.24, 2.45) is 0 Å². The molecule has 1 aliphatic carbocycles. The summed E-state index contributed by atoms with van der Waals surface area (Å²) < 4.78 is 2.91. The van der Waals surface area contributed by atoms with Crippen molar-refractivity contribution in [1.29, 1.82) is 0 Å². The lowest BCUT2D eigenvalue weighted by molar-refractivity contribution is 0.232. The van der Waals surface area contributed by atoms with E-state index < -0.39 is 0 Å². The minimum Gasteiger partial charge on any atom is -0.308 e. The average Bonchev–Trinajstić information content (AvgIpc) is 2.99. The third-order valence-electron chi connectivity index (χ3n) is 4.15. The molecule has 0 spiro atoms. The Balaban J connectivity index is 2.02. The molecule has 5 nitrogen and oxygen atoms in total. The molecule has 0 aliphatic heterocycles. The molecule has 3 rings (SSSR count). The largest absolute Gasteiger partial charge is 0.308 e. The van der Waals surface area contributed by atoms with Crippen molar-refractivity contribution in [2.75, 3.05) is 7.05 Å². The van der Waals surface area contributed by atoms with Gasteiger partial charge in [-0.25, -0.2) is 0 Å². The SMILES string of the molecule is CNC1(c2nnnn2-c2ccc(Br)cc2)CCCCC1. The van der Waals surface area contributed by atoms with Crippen LogP contribution < -0.4 is 5.32 Å². The van der Waals surface area contributed by atoms with Crippen molar-refractivity contribution in [3.05, 3.63) is 34.6 Å². The third kappa shape index (κ3) is 2.38. The lowest BCUT2D eigenvalue weighted by Crippen LogP contribution is -2.44. The molecule has 1 heterocycles. The molecule has 1 N–H and O–H groups in total. The monoisotopic (exact) mass is 335 g/mol. The maximum absolute atomic E-state index is 4.31. The summed E-state index contributed by atoms with van der Waals surface area (Å²) in [5.41, 5.74) is 0.892. The highest BCUT2D eigenvalue weighted by Gasteiger charge is 2.37. The fourth-order valence-corrected chi connectivity index (χ4v) is 3.25. The van der Waals surface area contributed by atoms with Crippen LogP contribution in [0.25, 0.3) is 5.69 Å². The molecule has 1 fully saturated rings. The van der Waals surface area contributed by atoms with Gasteiger partial charge in [-0.1, -0.05) is 35.2 Å². The summed E-state index contributed by atoms with van der Waals surface area (Å²) in [6.45, 7) is 0. The van der Waals surface area contributed by atoms with Crippen LogP contribution in [0, 0.1) is 0 Å². The molecule has 0 radical (unpaired) electrons. The third-order valence-corrected chi connectivity index (χ3v) is 4.68. The highest BCUT2D eigenvalue weighted by atomic mass is 79.9. The number of benzene rings is 1. The van der Waals surface area contributed by atoms with Crippen LogP contribution in [-0.2, 0) is 5.54 Å². The van der Waals surface area contributed by atoms with Crippen molar-refractivity contribution >= 4 is 15.9 Å². The molecule has 6 heteroatoms. The summed E-state index contributed by atoms with van der Waals surface area (Å²) in [7, 11) is 2.01. The Kier molecular flexibility index (Phi) is 3.85. The predicted molar refractivity (Wildman–Crippen MR) is 80.7 cm³/mol. The molecule has 106 valence electrons. The van der Waals surface area contributed by atoms with E-state index in [0.717, 1.165) is 28.8 Å². The molecule has 0 amide bonds. The number of hydrogen-bond donors (Lipinski definition) is 1. The van der Waals surface area contributed by atoms with E-state index in [9.17, 15) is 0 Å². The standard InChI is InChI=1S/C14H18BrN5/c1-16-14(9-3-2-4-10-14)13-17-18-19-20(13)12-7-5-11(15)6-8-12/h5-8,16H,2-4,9-10H2,1H3. The molecule has 2 aromatic rings. The Morgan fingerprint density at radius 1 is 1.15 bits per heavy atom. The zero-order chi connectivity index (χ0) is 14.0. The topological polar surface area (TPSA) is 55.6 Å². The maximum atomic E-state index is 4.31. The van der Waals surface area contributed by atoms with Crippen LogP contribution in [0.1, 0.15) is 37.9 Å². The van der Waals surface area contributed by atoms with Crippen LogP contribution in [0.15, 0.2) is 28.7 Å². The fourth-order valence-electron chi connectivity index (χ4n) is 2.98. The van der Waals surface area contributed by atoms with E-state index in [1.54, 1.807) is 0 Å². The fraction of sp³-hybridized carbons (Fsp3) is 0.500. The first kappa shape index (κ1) is 13.7. The van der Waals surface area contributed by atoms with E-state index in [1.165, 1.54) is 19.3 Å². The zero-order valence-electron chi connectivity index (χ0n) is 11.5. The number of rotatable bonds is 3. The van der Waals surface area contributed by atoms with Crippen molar-refractivity contribution in [3.8, 4) is 5.69 Å². The minimum absolute atomic E-state index is 0.102. The van der Waals surface area contributed by atoms with Gasteiger partial charge in [-0.05, 0) is 54.6 Å². The second-order valence-electron chi connectivity index (χ2n) is 5.28. The van der Waals surface area contributed by atoms with Gasteiger partial charge in [0.15, 0.2) is 5.82 Å². The Bertz CT molecular complexity index is 572. The van der Waals surface area contributed by atoms with Gasteiger partial charge in [0.25, 0.3) is 0 Å². The summed E-state index contributed by atoms with van der Waals surface area (Å²) in [6, 6.07) is 8.06. The molecule has 1 saturated carbocycles. The second kappa shape index (κ2) is 5.61. The number of nitrogens with one attached hydrogen (secondary N) is 1. The van der Waals surface area contributed by atoms with Crippen LogP contribution in [0.4, 0.5) is 0 Å². The highest BCUT2D eigenvalue weighted by molar-refractivity contribution is 9.10. The van der Waals surface area contributed by atoms with Gasteiger partial charge in [0.05, 0.1) is 11.2 Å². The Morgan fingerprint density at radius 2 is 1.85 bits per heavy atom. The maximum Gasteiger partial charge on any atom is 0.176 e. The first-order valence-electron chi connectivity index (χ1n) is 6.99. The van der Waals surface area contributed by atoms with E-state index in [0.29, 0.717) is 0 Å². The summed E-state index contributed by atoms with van der Waals surface area (Å²) in [5, 5.41) is 15.9. The molecule has 0 bridgehead atoms. The van der Waals surface area contributed by atoms with Gasteiger partial charge in [0.1, 0.15) is 0 Å². The lowest BCUT2D eigenvalue weighted by Gasteiger charge is -2.35. The summed E-state index contributed by atoms with van der Waals surface area (Å²) in [6.07, 6.45) is 5.89. The Morgan fingerprint density at radius 3 is 2.50 bits per heavy atom. The molecular weight excluding hydrogens is 318 g/mol. The van der Waals surface area contributed by atoms with Gasteiger partial charge in [-0.3, -0.25) is 0 Å². The number of halogens is 1. The highest BCUT2D eigenvalue weighted by Crippen LogP contribution is 2.36. The van der Waals surface area contributed by atoms with Crippen LogP contribution in [0.3, 0.4) is 0 Å². The molecular formula is C14H18BrN5. The van der Waals surface area contributed by atoms with Crippen molar-refractivity contribution in [1.82, 2.24) is 25.5 Å². The molecule has 0 saturated heterocycles. The number of tetrazole rings is 1. The van der Waals surface area contributed by atoms with E-state index in [2.05, 4.69) is 36.8 Å². The van der Waals surface area contributed by atoms with Crippen LogP contribution in [0.5, 0.6) is 0 Å². The van der Waals surface area contributed by atoms with E-state index in [4.69, 9.17) is 0 Å². The van der Waals surface area contributed by atoms with Gasteiger partial charge >= 0.3 is 0 Å². The van der Waals surface area contributed by atoms with Gasteiger partial charge in [-0.2, -0.15) is 4.68 Å². The van der Waals surface area contributed by atoms with Gasteiger partial charge in [0.2, 0.25) is 0 Å². The minimum atomic E-state index is -0.102. The lowest BCUT2D eigenvalue weighted by atomic mass is 9.81. The Labute approximate surface area is 126 Å². The second-order valence-corrected chi connectivity index (χ2v) is 6.20. The van der Waals surface area contributed by atoms with Crippen molar-refractivity contribution in [2.45, 2.75) is 37.6 Å². The van der Waals surface area contributed by atoms with Crippen LogP contribution in [-0.4, -0.2) is 27.3 Å². The molecule has 1 aromatic heterocycles. The van der Waals surface area contributed by atoms with Gasteiger partial charge in [-0.15, -0.1) is 5.10 Å². The van der Waals surface area contributed by atoms with Crippen molar-refractivity contribution in [3.63, 3.8) is 0 Å².